The Morgan fingerprint density at radius 1 is 1.55 bits per heavy atom. The van der Waals surface area contributed by atoms with Crippen LogP contribution >= 0.6 is 0 Å². The van der Waals surface area contributed by atoms with Gasteiger partial charge in [-0.15, -0.1) is 0 Å². The molecule has 0 heterocycles. The van der Waals surface area contributed by atoms with E-state index >= 15 is 0 Å². The van der Waals surface area contributed by atoms with Gasteiger partial charge in [0.1, 0.15) is 11.5 Å². The first-order valence-electron chi connectivity index (χ1n) is 5.53. The van der Waals surface area contributed by atoms with Crippen molar-refractivity contribution in [2.24, 2.45) is 5.73 Å². The summed E-state index contributed by atoms with van der Waals surface area (Å²) in [6.07, 6.45) is 0. The fourth-order valence-corrected chi connectivity index (χ4v) is 1.32. The van der Waals surface area contributed by atoms with Crippen LogP contribution in [0.3, 0.4) is 0 Å². The lowest BCUT2D eigenvalue weighted by atomic mass is 10.2. The number of halogens is 1. The van der Waals surface area contributed by atoms with Crippen LogP contribution in [0.1, 0.15) is 6.92 Å². The number of hydrogen-bond donors (Lipinski definition) is 2. The number of esters is 1. The topological polar surface area (TPSA) is 125 Å². The minimum absolute atomic E-state index is 0.0277. The molecule has 1 unspecified atom stereocenters. The van der Waals surface area contributed by atoms with Crippen molar-refractivity contribution in [2.45, 2.75) is 13.0 Å². The van der Waals surface area contributed by atoms with E-state index in [1.807, 2.05) is 5.32 Å². The fourth-order valence-electron chi connectivity index (χ4n) is 1.32. The Morgan fingerprint density at radius 2 is 2.20 bits per heavy atom. The third-order valence-corrected chi connectivity index (χ3v) is 2.24. The van der Waals surface area contributed by atoms with Crippen LogP contribution in [0.5, 0.6) is 0 Å². The molecule has 108 valence electrons. The predicted octanol–water partition coefficient (Wildman–Crippen LogP) is 0.563. The normalized spacial score (nSPS) is 11.6. The van der Waals surface area contributed by atoms with E-state index in [2.05, 4.69) is 4.74 Å². The number of nitrogens with one attached hydrogen (secondary N) is 1. The van der Waals surface area contributed by atoms with E-state index in [4.69, 9.17) is 5.73 Å². The van der Waals surface area contributed by atoms with Gasteiger partial charge in [-0.1, -0.05) is 0 Å². The Hall–Kier alpha value is -2.55. The van der Waals surface area contributed by atoms with Crippen molar-refractivity contribution >= 4 is 23.3 Å². The lowest BCUT2D eigenvalue weighted by Gasteiger charge is -2.11. The molecule has 1 rings (SSSR count). The van der Waals surface area contributed by atoms with Crippen LogP contribution < -0.4 is 11.1 Å². The molecular weight excluding hydrogens is 273 g/mol. The van der Waals surface area contributed by atoms with Crippen molar-refractivity contribution in [3.05, 3.63) is 34.1 Å². The number of hydrogen-bond acceptors (Lipinski definition) is 6. The second-order valence-electron chi connectivity index (χ2n) is 3.64. The zero-order chi connectivity index (χ0) is 15.3. The summed E-state index contributed by atoms with van der Waals surface area (Å²) >= 11 is 0. The number of nitro groups is 1. The molecule has 0 spiro atoms. The van der Waals surface area contributed by atoms with E-state index in [0.29, 0.717) is 0 Å². The maximum Gasteiger partial charge on any atom is 0.332 e. The third-order valence-electron chi connectivity index (χ3n) is 2.24. The summed E-state index contributed by atoms with van der Waals surface area (Å²) in [5.41, 5.74) is 4.40. The van der Waals surface area contributed by atoms with Crippen LogP contribution in [-0.4, -0.2) is 29.4 Å². The van der Waals surface area contributed by atoms with Crippen molar-refractivity contribution in [3.63, 3.8) is 0 Å². The first-order valence-corrected chi connectivity index (χ1v) is 5.53. The molecule has 1 aromatic rings. The van der Waals surface area contributed by atoms with Crippen LogP contribution in [0.2, 0.25) is 0 Å². The highest BCUT2D eigenvalue weighted by Gasteiger charge is 2.26. The van der Waals surface area contributed by atoms with Gasteiger partial charge < -0.3 is 15.8 Å². The summed E-state index contributed by atoms with van der Waals surface area (Å²) in [5.74, 6) is -2.79. The fraction of sp³-hybridized carbons (Fsp3) is 0.273. The molecule has 0 radical (unpaired) electrons. The number of carbonyl (C=O) groups is 2. The van der Waals surface area contributed by atoms with Crippen LogP contribution in [0, 0.1) is 15.9 Å². The van der Waals surface area contributed by atoms with E-state index in [-0.39, 0.29) is 12.3 Å². The molecule has 0 saturated heterocycles. The number of nitrogens with two attached hydrogens (primary N) is 1. The zero-order valence-corrected chi connectivity index (χ0v) is 10.5. The number of carbonyl (C=O) groups excluding carboxylic acids is 2. The lowest BCUT2D eigenvalue weighted by molar-refractivity contribution is -0.384. The van der Waals surface area contributed by atoms with Gasteiger partial charge in [-0.05, 0) is 13.0 Å². The van der Waals surface area contributed by atoms with Gasteiger partial charge in [0.15, 0.2) is 6.04 Å². The SMILES string of the molecule is CCOC(=O)C(N)C(=O)Nc1cc(F)ccc1[N+](=O)[O-]. The van der Waals surface area contributed by atoms with Gasteiger partial charge in [-0.2, -0.15) is 0 Å². The molecule has 8 nitrogen and oxygen atoms in total. The molecule has 0 aliphatic heterocycles. The van der Waals surface area contributed by atoms with E-state index in [9.17, 15) is 24.1 Å². The number of nitro benzene ring substituents is 1. The summed E-state index contributed by atoms with van der Waals surface area (Å²) < 4.78 is 17.6. The van der Waals surface area contributed by atoms with Gasteiger partial charge >= 0.3 is 5.97 Å². The van der Waals surface area contributed by atoms with Crippen LogP contribution in [-0.2, 0) is 14.3 Å². The predicted molar refractivity (Wildman–Crippen MR) is 66.3 cm³/mol. The molecule has 20 heavy (non-hydrogen) atoms. The first kappa shape index (κ1) is 15.5. The molecule has 9 heteroatoms. The third kappa shape index (κ3) is 3.72. The van der Waals surface area contributed by atoms with Gasteiger partial charge in [-0.3, -0.25) is 14.9 Å². The largest absolute Gasteiger partial charge is 0.464 e. The summed E-state index contributed by atoms with van der Waals surface area (Å²) in [7, 11) is 0. The van der Waals surface area contributed by atoms with Crippen LogP contribution in [0.15, 0.2) is 18.2 Å². The van der Waals surface area contributed by atoms with Crippen molar-refractivity contribution in [3.8, 4) is 0 Å². The molecular formula is C11H12FN3O5. The molecule has 0 fully saturated rings. The lowest BCUT2D eigenvalue weighted by Crippen LogP contribution is -2.43. The van der Waals surface area contributed by atoms with Crippen molar-refractivity contribution < 1.29 is 23.6 Å². The van der Waals surface area contributed by atoms with E-state index in [1.165, 1.54) is 6.92 Å². The van der Waals surface area contributed by atoms with Crippen LogP contribution in [0.4, 0.5) is 15.8 Å². The Labute approximate surface area is 112 Å². The number of nitrogens with zero attached hydrogens (tertiary/aromatic N) is 1. The molecule has 0 aliphatic carbocycles. The maximum atomic E-state index is 13.0. The Morgan fingerprint density at radius 3 is 2.75 bits per heavy atom. The molecule has 0 bridgehead atoms. The minimum atomic E-state index is -1.65. The van der Waals surface area contributed by atoms with Gasteiger partial charge in [0.25, 0.3) is 11.6 Å². The van der Waals surface area contributed by atoms with E-state index in [1.54, 1.807) is 0 Å². The Bertz CT molecular complexity index is 549. The van der Waals surface area contributed by atoms with Gasteiger partial charge in [0.2, 0.25) is 0 Å². The second kappa shape index (κ2) is 6.57. The van der Waals surface area contributed by atoms with Gasteiger partial charge in [-0.25, -0.2) is 9.18 Å². The molecule has 1 aromatic carbocycles. The monoisotopic (exact) mass is 285 g/mol. The summed E-state index contributed by atoms with van der Waals surface area (Å²) in [6, 6.07) is 0.867. The van der Waals surface area contributed by atoms with Crippen molar-refractivity contribution in [2.75, 3.05) is 11.9 Å². The molecule has 3 N–H and O–H groups in total. The number of benzene rings is 1. The highest BCUT2D eigenvalue weighted by atomic mass is 19.1. The molecule has 0 saturated carbocycles. The smallest absolute Gasteiger partial charge is 0.332 e. The highest BCUT2D eigenvalue weighted by molar-refractivity contribution is 6.08. The Kier molecular flexibility index (Phi) is 5.09. The summed E-state index contributed by atoms with van der Waals surface area (Å²) in [6.45, 7) is 1.56. The van der Waals surface area contributed by atoms with Crippen molar-refractivity contribution in [1.29, 1.82) is 0 Å². The first-order chi connectivity index (χ1) is 9.36. The highest BCUT2D eigenvalue weighted by Crippen LogP contribution is 2.24. The maximum absolute atomic E-state index is 13.0. The summed E-state index contributed by atoms with van der Waals surface area (Å²) in [4.78, 5) is 32.8. The number of anilines is 1. The average molecular weight is 285 g/mol. The standard InChI is InChI=1S/C11H12FN3O5/c1-2-20-11(17)9(13)10(16)14-7-5-6(12)3-4-8(7)15(18)19/h3-5,9H,2,13H2,1H3,(H,14,16). The Balaban J connectivity index is 2.92. The second-order valence-corrected chi connectivity index (χ2v) is 3.64. The summed E-state index contributed by atoms with van der Waals surface area (Å²) in [5, 5.41) is 12.8. The van der Waals surface area contributed by atoms with E-state index < -0.39 is 34.3 Å². The van der Waals surface area contributed by atoms with Crippen LogP contribution in [0.25, 0.3) is 0 Å². The average Bonchev–Trinajstić information content (AvgIpc) is 2.37. The number of ether oxygens (including phenoxy) is 1. The quantitative estimate of drug-likeness (QED) is 0.352. The number of amides is 1. The molecule has 1 atom stereocenters. The zero-order valence-electron chi connectivity index (χ0n) is 10.5. The van der Waals surface area contributed by atoms with Gasteiger partial charge in [0.05, 0.1) is 11.5 Å². The van der Waals surface area contributed by atoms with Gasteiger partial charge in [0, 0.05) is 12.1 Å². The molecule has 0 aromatic heterocycles. The minimum Gasteiger partial charge on any atom is -0.464 e. The number of rotatable bonds is 5. The molecule has 0 aliphatic rings. The van der Waals surface area contributed by atoms with Crippen molar-refractivity contribution in [1.82, 2.24) is 0 Å². The van der Waals surface area contributed by atoms with E-state index in [0.717, 1.165) is 18.2 Å². The molecule has 1 amide bonds.